The molecular weight excluding hydrogens is 322 g/mol. The first-order valence-electron chi connectivity index (χ1n) is 5.79. The first-order valence-corrected chi connectivity index (χ1v) is 7.57. The number of hydrogen-bond acceptors (Lipinski definition) is 3. The van der Waals surface area contributed by atoms with Crippen molar-refractivity contribution in [3.05, 3.63) is 58.6 Å². The molecule has 2 nitrogen and oxygen atoms in total. The molecule has 0 aliphatic carbocycles. The van der Waals surface area contributed by atoms with Gasteiger partial charge in [0.05, 0.1) is 18.2 Å². The molecule has 96 valence electrons. The van der Waals surface area contributed by atoms with E-state index in [1.165, 1.54) is 4.90 Å². The van der Waals surface area contributed by atoms with E-state index in [0.717, 1.165) is 16.0 Å². The Balaban J connectivity index is 1.79. The number of halogens is 1. The molecule has 0 unspecified atom stereocenters. The summed E-state index contributed by atoms with van der Waals surface area (Å²) < 4.78 is 6.70. The Morgan fingerprint density at radius 1 is 1.16 bits per heavy atom. The van der Waals surface area contributed by atoms with Crippen LogP contribution in [0.25, 0.3) is 0 Å². The fourth-order valence-corrected chi connectivity index (χ4v) is 2.87. The topological polar surface area (TPSA) is 33.0 Å². The molecule has 0 spiro atoms. The standard InChI is InChI=1S/C15H12BrNOS/c16-13-4-2-6-15(10-13)19-8-7-18-14-5-1-3-12(9-14)11-17/h1-6,9-10H,7-8H2. The maximum absolute atomic E-state index is 8.79. The Kier molecular flexibility index (Phi) is 5.31. The van der Waals surface area contributed by atoms with E-state index in [0.29, 0.717) is 12.2 Å². The van der Waals surface area contributed by atoms with Gasteiger partial charge in [-0.2, -0.15) is 5.26 Å². The number of hydrogen-bond donors (Lipinski definition) is 0. The zero-order chi connectivity index (χ0) is 13.5. The van der Waals surface area contributed by atoms with E-state index in [2.05, 4.69) is 34.1 Å². The molecule has 0 saturated heterocycles. The van der Waals surface area contributed by atoms with Crippen molar-refractivity contribution in [3.63, 3.8) is 0 Å². The molecular formula is C15H12BrNOS. The summed E-state index contributed by atoms with van der Waals surface area (Å²) in [6.45, 7) is 0.617. The van der Waals surface area contributed by atoms with E-state index in [1.807, 2.05) is 24.3 Å². The third-order valence-corrected chi connectivity index (χ3v) is 3.83. The highest BCUT2D eigenvalue weighted by Crippen LogP contribution is 2.22. The van der Waals surface area contributed by atoms with Crippen molar-refractivity contribution in [2.75, 3.05) is 12.4 Å². The largest absolute Gasteiger partial charge is 0.493 e. The van der Waals surface area contributed by atoms with Gasteiger partial charge in [-0.3, -0.25) is 0 Å². The van der Waals surface area contributed by atoms with E-state index in [9.17, 15) is 0 Å². The van der Waals surface area contributed by atoms with Gasteiger partial charge >= 0.3 is 0 Å². The van der Waals surface area contributed by atoms with Crippen molar-refractivity contribution >= 4 is 27.7 Å². The van der Waals surface area contributed by atoms with E-state index >= 15 is 0 Å². The molecule has 0 aliphatic heterocycles. The second-order valence-electron chi connectivity index (χ2n) is 3.79. The van der Waals surface area contributed by atoms with Gasteiger partial charge in [0.15, 0.2) is 0 Å². The molecule has 0 bridgehead atoms. The number of ether oxygens (including phenoxy) is 1. The normalized spacial score (nSPS) is 9.89. The predicted molar refractivity (Wildman–Crippen MR) is 81.5 cm³/mol. The van der Waals surface area contributed by atoms with Gasteiger partial charge in [0.1, 0.15) is 5.75 Å². The minimum Gasteiger partial charge on any atom is -0.493 e. The summed E-state index contributed by atoms with van der Waals surface area (Å²) in [7, 11) is 0. The first-order chi connectivity index (χ1) is 9.28. The van der Waals surface area contributed by atoms with Crippen molar-refractivity contribution in [3.8, 4) is 11.8 Å². The highest BCUT2D eigenvalue weighted by atomic mass is 79.9. The number of rotatable bonds is 5. The summed E-state index contributed by atoms with van der Waals surface area (Å²) in [6, 6.07) is 17.5. The summed E-state index contributed by atoms with van der Waals surface area (Å²) >= 11 is 5.19. The lowest BCUT2D eigenvalue weighted by atomic mass is 10.2. The van der Waals surface area contributed by atoms with Gasteiger partial charge in [-0.15, -0.1) is 11.8 Å². The Morgan fingerprint density at radius 2 is 2.00 bits per heavy atom. The van der Waals surface area contributed by atoms with Crippen LogP contribution in [0.2, 0.25) is 0 Å². The van der Waals surface area contributed by atoms with Crippen LogP contribution in [0, 0.1) is 11.3 Å². The smallest absolute Gasteiger partial charge is 0.120 e. The SMILES string of the molecule is N#Cc1cccc(OCCSc2cccc(Br)c2)c1. The van der Waals surface area contributed by atoms with E-state index in [4.69, 9.17) is 10.00 Å². The average Bonchev–Trinajstić information content (AvgIpc) is 2.44. The number of benzene rings is 2. The molecule has 0 saturated carbocycles. The van der Waals surface area contributed by atoms with Gasteiger partial charge in [-0.25, -0.2) is 0 Å². The van der Waals surface area contributed by atoms with Crippen LogP contribution in [0.4, 0.5) is 0 Å². The highest BCUT2D eigenvalue weighted by Gasteiger charge is 1.98. The lowest BCUT2D eigenvalue weighted by Gasteiger charge is -2.06. The van der Waals surface area contributed by atoms with Crippen LogP contribution in [0.5, 0.6) is 5.75 Å². The van der Waals surface area contributed by atoms with Crippen molar-refractivity contribution in [1.82, 2.24) is 0 Å². The monoisotopic (exact) mass is 333 g/mol. The molecule has 19 heavy (non-hydrogen) atoms. The molecule has 0 aliphatic rings. The molecule has 0 heterocycles. The van der Waals surface area contributed by atoms with E-state index in [1.54, 1.807) is 23.9 Å². The Morgan fingerprint density at radius 3 is 2.79 bits per heavy atom. The van der Waals surface area contributed by atoms with Gasteiger partial charge in [0.2, 0.25) is 0 Å². The van der Waals surface area contributed by atoms with E-state index < -0.39 is 0 Å². The van der Waals surface area contributed by atoms with Crippen molar-refractivity contribution < 1.29 is 4.74 Å². The molecule has 0 aromatic heterocycles. The minimum atomic E-state index is 0.617. The molecule has 0 radical (unpaired) electrons. The van der Waals surface area contributed by atoms with Crippen LogP contribution in [-0.4, -0.2) is 12.4 Å². The molecule has 2 aromatic rings. The maximum Gasteiger partial charge on any atom is 0.120 e. The zero-order valence-corrected chi connectivity index (χ0v) is 12.6. The van der Waals surface area contributed by atoms with Gasteiger partial charge < -0.3 is 4.74 Å². The lowest BCUT2D eigenvalue weighted by molar-refractivity contribution is 0.344. The Bertz CT molecular complexity index is 595. The molecule has 4 heteroatoms. The van der Waals surface area contributed by atoms with Crippen LogP contribution in [0.1, 0.15) is 5.56 Å². The van der Waals surface area contributed by atoms with Gasteiger partial charge in [0.25, 0.3) is 0 Å². The summed E-state index contributed by atoms with van der Waals surface area (Å²) in [5.41, 5.74) is 0.622. The van der Waals surface area contributed by atoms with Crippen LogP contribution in [-0.2, 0) is 0 Å². The van der Waals surface area contributed by atoms with Crippen LogP contribution in [0.3, 0.4) is 0 Å². The Labute approximate surface area is 125 Å². The summed E-state index contributed by atoms with van der Waals surface area (Å²) in [4.78, 5) is 1.21. The lowest BCUT2D eigenvalue weighted by Crippen LogP contribution is -2.00. The van der Waals surface area contributed by atoms with Gasteiger partial charge in [-0.05, 0) is 36.4 Å². The third-order valence-electron chi connectivity index (χ3n) is 2.38. The maximum atomic E-state index is 8.79. The zero-order valence-electron chi connectivity index (χ0n) is 10.2. The molecule has 0 amide bonds. The van der Waals surface area contributed by atoms with Crippen molar-refractivity contribution in [2.24, 2.45) is 0 Å². The fourth-order valence-electron chi connectivity index (χ4n) is 1.53. The molecule has 0 fully saturated rings. The highest BCUT2D eigenvalue weighted by molar-refractivity contribution is 9.10. The molecule has 0 N–H and O–H groups in total. The van der Waals surface area contributed by atoms with Gasteiger partial charge in [0, 0.05) is 15.1 Å². The Hall–Kier alpha value is -1.44. The molecule has 0 atom stereocenters. The van der Waals surface area contributed by atoms with Crippen LogP contribution >= 0.6 is 27.7 Å². The van der Waals surface area contributed by atoms with Gasteiger partial charge in [-0.1, -0.05) is 28.1 Å². The summed E-state index contributed by atoms with van der Waals surface area (Å²) in [5, 5.41) is 8.79. The van der Waals surface area contributed by atoms with Crippen LogP contribution in [0.15, 0.2) is 57.9 Å². The van der Waals surface area contributed by atoms with Crippen molar-refractivity contribution in [1.29, 1.82) is 5.26 Å². The number of nitrogens with zero attached hydrogens (tertiary/aromatic N) is 1. The summed E-state index contributed by atoms with van der Waals surface area (Å²) in [5.74, 6) is 1.61. The predicted octanol–water partition coefficient (Wildman–Crippen LogP) is 4.49. The fraction of sp³-hybridized carbons (Fsp3) is 0.133. The molecule has 2 rings (SSSR count). The number of thioether (sulfide) groups is 1. The average molecular weight is 334 g/mol. The summed E-state index contributed by atoms with van der Waals surface area (Å²) in [6.07, 6.45) is 0. The quantitative estimate of drug-likeness (QED) is 0.596. The van der Waals surface area contributed by atoms with Crippen LogP contribution < -0.4 is 4.74 Å². The second kappa shape index (κ2) is 7.22. The van der Waals surface area contributed by atoms with Crippen molar-refractivity contribution in [2.45, 2.75) is 4.90 Å². The first kappa shape index (κ1) is 14.0. The minimum absolute atomic E-state index is 0.617. The second-order valence-corrected chi connectivity index (χ2v) is 5.88. The van der Waals surface area contributed by atoms with E-state index in [-0.39, 0.29) is 0 Å². The molecule has 2 aromatic carbocycles. The third kappa shape index (κ3) is 4.62. The number of nitriles is 1.